The first-order valence-corrected chi connectivity index (χ1v) is 10.0. The molecule has 1 unspecified atom stereocenters. The van der Waals surface area contributed by atoms with Gasteiger partial charge in [-0.25, -0.2) is 13.2 Å². The highest BCUT2D eigenvalue weighted by Gasteiger charge is 2.39. The molecule has 2 aromatic carbocycles. The molecule has 3 aromatic rings. The summed E-state index contributed by atoms with van der Waals surface area (Å²) in [6.45, 7) is -1.73. The summed E-state index contributed by atoms with van der Waals surface area (Å²) in [5.41, 5.74) is 0.952. The van der Waals surface area contributed by atoms with Crippen LogP contribution in [0, 0.1) is 0 Å². The number of benzene rings is 2. The van der Waals surface area contributed by atoms with E-state index in [0.717, 1.165) is 10.8 Å². The summed E-state index contributed by atoms with van der Waals surface area (Å²) in [5.74, 6) is -3.73. The van der Waals surface area contributed by atoms with Crippen molar-refractivity contribution in [2.45, 2.75) is 36.3 Å². The van der Waals surface area contributed by atoms with Crippen LogP contribution in [0.2, 0.25) is 0 Å². The molecule has 4 nitrogen and oxygen atoms in total. The van der Waals surface area contributed by atoms with Crippen LogP contribution in [0.1, 0.15) is 19.3 Å². The Kier molecular flexibility index (Phi) is 5.95. The predicted octanol–water partition coefficient (Wildman–Crippen LogP) is 5.40. The van der Waals surface area contributed by atoms with Crippen LogP contribution >= 0.6 is 0 Å². The Labute approximate surface area is 159 Å². The number of hydrogen-bond donors (Lipinski definition) is 0. The van der Waals surface area contributed by atoms with E-state index in [-0.39, 0.29) is 4.90 Å². The Morgan fingerprint density at radius 1 is 1.07 bits per heavy atom. The first-order chi connectivity index (χ1) is 13.2. The second-order valence-electron chi connectivity index (χ2n) is 6.34. The van der Waals surface area contributed by atoms with Crippen LogP contribution in [0.25, 0.3) is 21.9 Å². The highest BCUT2D eigenvalue weighted by Crippen LogP contribution is 2.31. The number of para-hydroxylation sites is 1. The molecule has 0 bridgehead atoms. The average molecular weight is 418 g/mol. The minimum atomic E-state index is -4.20. The number of alkyl halides is 4. The zero-order chi connectivity index (χ0) is 20.4. The number of rotatable bonds is 9. The molecule has 0 saturated heterocycles. The maximum atomic E-state index is 13.5. The molecule has 0 aliphatic carbocycles. The van der Waals surface area contributed by atoms with Gasteiger partial charge in [-0.2, -0.15) is 8.42 Å². The van der Waals surface area contributed by atoms with Crippen LogP contribution in [0.15, 0.2) is 51.8 Å². The van der Waals surface area contributed by atoms with Gasteiger partial charge in [0.15, 0.2) is 6.17 Å². The summed E-state index contributed by atoms with van der Waals surface area (Å²) in [4.78, 5) is -0.174. The summed E-state index contributed by atoms with van der Waals surface area (Å²) in [6.07, 6.45) is -4.84. The van der Waals surface area contributed by atoms with Gasteiger partial charge in [-0.15, -0.1) is 0 Å². The van der Waals surface area contributed by atoms with Gasteiger partial charge in [0.25, 0.3) is 16.0 Å². The fourth-order valence-electron chi connectivity index (χ4n) is 2.87. The smallest absolute Gasteiger partial charge is 0.297 e. The fourth-order valence-corrected chi connectivity index (χ4v) is 3.83. The van der Waals surface area contributed by atoms with Crippen molar-refractivity contribution >= 4 is 32.1 Å². The molecule has 0 fully saturated rings. The molecule has 0 saturated carbocycles. The Balaban J connectivity index is 1.67. The van der Waals surface area contributed by atoms with Crippen LogP contribution in [0.3, 0.4) is 0 Å². The molecule has 1 atom stereocenters. The lowest BCUT2D eigenvalue weighted by Gasteiger charge is -2.19. The van der Waals surface area contributed by atoms with Gasteiger partial charge in [-0.1, -0.05) is 18.2 Å². The molecule has 28 heavy (non-hydrogen) atoms. The number of halogens is 4. The van der Waals surface area contributed by atoms with Gasteiger partial charge in [0.05, 0.1) is 18.2 Å². The maximum absolute atomic E-state index is 13.5. The summed E-state index contributed by atoms with van der Waals surface area (Å²) >= 11 is 0. The summed E-state index contributed by atoms with van der Waals surface area (Å²) in [7, 11) is -4.20. The van der Waals surface area contributed by atoms with Gasteiger partial charge in [-0.3, -0.25) is 8.57 Å². The topological polar surface area (TPSA) is 56.5 Å². The van der Waals surface area contributed by atoms with E-state index in [1.54, 1.807) is 18.2 Å². The second kappa shape index (κ2) is 8.08. The molecule has 0 aliphatic heterocycles. The maximum Gasteiger partial charge on any atom is 0.297 e. The Bertz CT molecular complexity index is 1060. The van der Waals surface area contributed by atoms with E-state index in [9.17, 15) is 26.0 Å². The lowest BCUT2D eigenvalue weighted by Crippen LogP contribution is -2.30. The van der Waals surface area contributed by atoms with Crippen LogP contribution in [-0.2, 0) is 14.3 Å². The molecule has 0 radical (unpaired) electrons. The minimum absolute atomic E-state index is 0.174. The average Bonchev–Trinajstić information content (AvgIpc) is 3.03. The standard InChI is InChI=1S/C19H18F4O4S/c20-10-8-18(21)19(22,23)9-3-11-26-28(24,25)13-6-7-15-14-4-1-2-5-16(14)27-17(15)12-13/h1-2,4-7,12,18H,3,8-11H2. The second-order valence-corrected chi connectivity index (χ2v) is 7.96. The first-order valence-electron chi connectivity index (χ1n) is 8.63. The van der Waals surface area contributed by atoms with E-state index < -0.39 is 54.8 Å². The van der Waals surface area contributed by atoms with Crippen molar-refractivity contribution in [3.8, 4) is 0 Å². The lowest BCUT2D eigenvalue weighted by molar-refractivity contribution is -0.0850. The predicted molar refractivity (Wildman–Crippen MR) is 96.5 cm³/mol. The van der Waals surface area contributed by atoms with E-state index in [1.807, 2.05) is 12.1 Å². The third kappa shape index (κ3) is 4.30. The van der Waals surface area contributed by atoms with E-state index in [2.05, 4.69) is 0 Å². The van der Waals surface area contributed by atoms with Crippen LogP contribution in [0.5, 0.6) is 0 Å². The van der Waals surface area contributed by atoms with Crippen LogP contribution < -0.4 is 0 Å². The molecule has 0 amide bonds. The summed E-state index contributed by atoms with van der Waals surface area (Å²) < 4.78 is 87.1. The zero-order valence-corrected chi connectivity index (χ0v) is 15.5. The monoisotopic (exact) mass is 418 g/mol. The van der Waals surface area contributed by atoms with E-state index in [4.69, 9.17) is 8.60 Å². The molecule has 1 aromatic heterocycles. The molecule has 1 heterocycles. The van der Waals surface area contributed by atoms with Crippen molar-refractivity contribution in [2.24, 2.45) is 0 Å². The van der Waals surface area contributed by atoms with Gasteiger partial charge in [0, 0.05) is 29.7 Å². The molecular weight excluding hydrogens is 400 g/mol. The molecule has 152 valence electrons. The number of hydrogen-bond acceptors (Lipinski definition) is 4. The number of furan rings is 1. The molecule has 3 rings (SSSR count). The van der Waals surface area contributed by atoms with Crippen LogP contribution in [0.4, 0.5) is 17.6 Å². The molecule has 0 aliphatic rings. The van der Waals surface area contributed by atoms with Crippen LogP contribution in [-0.4, -0.2) is 33.8 Å². The van der Waals surface area contributed by atoms with Crippen molar-refractivity contribution in [1.29, 1.82) is 0 Å². The van der Waals surface area contributed by atoms with Crippen molar-refractivity contribution in [3.63, 3.8) is 0 Å². The number of fused-ring (bicyclic) bond motifs is 3. The van der Waals surface area contributed by atoms with Crippen molar-refractivity contribution < 1.29 is 34.6 Å². The fraction of sp³-hybridized carbons (Fsp3) is 0.368. The molecule has 9 heteroatoms. The summed E-state index contributed by atoms with van der Waals surface area (Å²) in [6, 6.07) is 11.4. The highest BCUT2D eigenvalue weighted by atomic mass is 32.2. The summed E-state index contributed by atoms with van der Waals surface area (Å²) in [5, 5.41) is 1.56. The first kappa shape index (κ1) is 20.6. The molecule has 0 spiro atoms. The molecular formula is C19H18F4O4S. The third-order valence-corrected chi connectivity index (χ3v) is 5.66. The van der Waals surface area contributed by atoms with Gasteiger partial charge >= 0.3 is 0 Å². The Morgan fingerprint density at radius 3 is 2.54 bits per heavy atom. The lowest BCUT2D eigenvalue weighted by atomic mass is 10.1. The largest absolute Gasteiger partial charge is 0.456 e. The molecule has 0 N–H and O–H groups in total. The Morgan fingerprint density at radius 2 is 1.79 bits per heavy atom. The van der Waals surface area contributed by atoms with Crippen molar-refractivity contribution in [3.05, 3.63) is 42.5 Å². The van der Waals surface area contributed by atoms with Gasteiger partial charge in [0.2, 0.25) is 0 Å². The van der Waals surface area contributed by atoms with Gasteiger partial charge in [-0.05, 0) is 24.6 Å². The van der Waals surface area contributed by atoms with E-state index in [0.29, 0.717) is 11.2 Å². The third-order valence-electron chi connectivity index (χ3n) is 4.35. The van der Waals surface area contributed by atoms with Gasteiger partial charge in [0.1, 0.15) is 11.2 Å². The van der Waals surface area contributed by atoms with Crippen molar-refractivity contribution in [2.75, 3.05) is 13.3 Å². The van der Waals surface area contributed by atoms with E-state index in [1.165, 1.54) is 12.1 Å². The normalized spacial score (nSPS) is 14.0. The highest BCUT2D eigenvalue weighted by molar-refractivity contribution is 7.86. The van der Waals surface area contributed by atoms with Gasteiger partial charge < -0.3 is 4.42 Å². The quantitative estimate of drug-likeness (QED) is 0.265. The Hall–Kier alpha value is -2.13. The zero-order valence-electron chi connectivity index (χ0n) is 14.7. The van der Waals surface area contributed by atoms with Crippen molar-refractivity contribution in [1.82, 2.24) is 0 Å². The minimum Gasteiger partial charge on any atom is -0.456 e. The SMILES string of the molecule is O=S(=O)(OCCCC(F)(F)C(F)CCF)c1ccc2c(c1)oc1ccccc12. The van der Waals surface area contributed by atoms with E-state index >= 15 is 0 Å².